The molecule has 0 saturated carbocycles. The minimum atomic E-state index is -4.75. The van der Waals surface area contributed by atoms with Gasteiger partial charge in [-0.25, -0.2) is 4.39 Å². The number of nitro benzene ring substituents is 1. The quantitative estimate of drug-likeness (QED) is 0.256. The van der Waals surface area contributed by atoms with Crippen molar-refractivity contribution in [2.75, 3.05) is 0 Å². The third-order valence-electron chi connectivity index (χ3n) is 2.94. The molecule has 0 saturated heterocycles. The van der Waals surface area contributed by atoms with E-state index in [9.17, 15) is 27.7 Å². The second-order valence-corrected chi connectivity index (χ2v) is 5.52. The van der Waals surface area contributed by atoms with Gasteiger partial charge in [0.1, 0.15) is 5.75 Å². The van der Waals surface area contributed by atoms with Gasteiger partial charge >= 0.3 is 6.18 Å². The average molecular weight is 429 g/mol. The van der Waals surface area contributed by atoms with Gasteiger partial charge in [-0.1, -0.05) is 27.5 Å². The van der Waals surface area contributed by atoms with E-state index in [1.54, 1.807) is 0 Å². The fourth-order valence-electron chi connectivity index (χ4n) is 1.85. The molecule has 2 aromatic carbocycles. The van der Waals surface area contributed by atoms with Crippen LogP contribution in [0.15, 0.2) is 30.3 Å². The first-order valence-corrected chi connectivity index (χ1v) is 7.70. The fourth-order valence-corrected chi connectivity index (χ4v) is 2.54. The second-order valence-electron chi connectivity index (χ2n) is 4.55. The van der Waals surface area contributed by atoms with Gasteiger partial charge in [0.25, 0.3) is 5.69 Å². The first-order chi connectivity index (χ1) is 11.1. The zero-order valence-corrected chi connectivity index (χ0v) is 13.9. The highest BCUT2D eigenvalue weighted by atomic mass is 79.9. The van der Waals surface area contributed by atoms with Gasteiger partial charge in [-0.2, -0.15) is 13.2 Å². The Bertz CT molecular complexity index is 775. The zero-order chi connectivity index (χ0) is 18.1. The lowest BCUT2D eigenvalue weighted by Gasteiger charge is -2.13. The SMILES string of the molecule is O=[N+]([O-])c1ccc(Oc2c(F)cc(C(F)(F)F)cc2Cl)cc1CBr. The Hall–Kier alpha value is -1.87. The molecule has 4 nitrogen and oxygen atoms in total. The minimum absolute atomic E-state index is 0.00407. The van der Waals surface area contributed by atoms with Gasteiger partial charge in [-0.3, -0.25) is 10.1 Å². The number of alkyl halides is 4. The maximum atomic E-state index is 13.9. The molecule has 0 aliphatic rings. The summed E-state index contributed by atoms with van der Waals surface area (Å²) in [4.78, 5) is 10.2. The van der Waals surface area contributed by atoms with Crippen molar-refractivity contribution in [1.29, 1.82) is 0 Å². The van der Waals surface area contributed by atoms with E-state index in [1.165, 1.54) is 12.1 Å². The lowest BCUT2D eigenvalue weighted by molar-refractivity contribution is -0.385. The molecule has 0 aliphatic carbocycles. The smallest absolute Gasteiger partial charge is 0.416 e. The van der Waals surface area contributed by atoms with E-state index in [1.807, 2.05) is 0 Å². The zero-order valence-electron chi connectivity index (χ0n) is 11.5. The molecule has 0 aromatic heterocycles. The van der Waals surface area contributed by atoms with Crippen LogP contribution in [0.5, 0.6) is 11.5 Å². The van der Waals surface area contributed by atoms with Crippen molar-refractivity contribution < 1.29 is 27.2 Å². The molecule has 2 rings (SSSR count). The van der Waals surface area contributed by atoms with Crippen LogP contribution in [0.4, 0.5) is 23.2 Å². The Morgan fingerprint density at radius 3 is 2.42 bits per heavy atom. The number of benzene rings is 2. The number of hydrogen-bond acceptors (Lipinski definition) is 3. The lowest BCUT2D eigenvalue weighted by Crippen LogP contribution is -2.06. The highest BCUT2D eigenvalue weighted by molar-refractivity contribution is 9.08. The normalized spacial score (nSPS) is 11.4. The molecule has 0 radical (unpaired) electrons. The van der Waals surface area contributed by atoms with E-state index in [2.05, 4.69) is 15.9 Å². The summed E-state index contributed by atoms with van der Waals surface area (Å²) in [5.74, 6) is -1.90. The van der Waals surface area contributed by atoms with Crippen LogP contribution in [0.3, 0.4) is 0 Å². The molecule has 0 atom stereocenters. The summed E-state index contributed by atoms with van der Waals surface area (Å²) in [7, 11) is 0. The molecule has 0 spiro atoms. The standard InChI is InChI=1S/C14H7BrClF4NO3/c15-6-7-3-9(1-2-12(7)21(22)23)24-13-10(16)4-8(5-11(13)17)14(18,19)20/h1-5H,6H2. The molecular formula is C14H7BrClF4NO3. The molecule has 128 valence electrons. The number of halogens is 6. The van der Waals surface area contributed by atoms with Crippen molar-refractivity contribution in [3.05, 3.63) is 62.4 Å². The van der Waals surface area contributed by atoms with E-state index in [0.717, 1.165) is 6.07 Å². The third kappa shape index (κ3) is 3.96. The van der Waals surface area contributed by atoms with Crippen molar-refractivity contribution in [2.45, 2.75) is 11.5 Å². The molecule has 0 amide bonds. The molecule has 10 heteroatoms. The molecule has 0 fully saturated rings. The van der Waals surface area contributed by atoms with E-state index < -0.39 is 33.3 Å². The third-order valence-corrected chi connectivity index (χ3v) is 3.82. The lowest BCUT2D eigenvalue weighted by atomic mass is 10.2. The van der Waals surface area contributed by atoms with Crippen LogP contribution in [-0.2, 0) is 11.5 Å². The van der Waals surface area contributed by atoms with E-state index in [-0.39, 0.29) is 28.4 Å². The Kier molecular flexibility index (Phi) is 5.34. The average Bonchev–Trinajstić information content (AvgIpc) is 2.49. The molecule has 0 N–H and O–H groups in total. The van der Waals surface area contributed by atoms with E-state index in [4.69, 9.17) is 16.3 Å². The summed E-state index contributed by atoms with van der Waals surface area (Å²) in [5.41, 5.74) is -1.18. The summed E-state index contributed by atoms with van der Waals surface area (Å²) in [6.45, 7) is 0. The number of nitro groups is 1. The van der Waals surface area contributed by atoms with Crippen LogP contribution in [0.25, 0.3) is 0 Å². The van der Waals surface area contributed by atoms with Gasteiger partial charge in [-0.05, 0) is 24.3 Å². The highest BCUT2D eigenvalue weighted by Gasteiger charge is 2.32. The maximum absolute atomic E-state index is 13.9. The van der Waals surface area contributed by atoms with Gasteiger partial charge in [0.05, 0.1) is 15.5 Å². The van der Waals surface area contributed by atoms with Crippen molar-refractivity contribution in [3.8, 4) is 11.5 Å². The van der Waals surface area contributed by atoms with E-state index >= 15 is 0 Å². The Balaban J connectivity index is 2.40. The summed E-state index contributed by atoms with van der Waals surface area (Å²) in [6, 6.07) is 4.40. The Morgan fingerprint density at radius 1 is 1.25 bits per heavy atom. The molecule has 0 heterocycles. The van der Waals surface area contributed by atoms with Crippen LogP contribution in [0.2, 0.25) is 5.02 Å². The van der Waals surface area contributed by atoms with Crippen LogP contribution in [0.1, 0.15) is 11.1 Å². The number of hydrogen-bond donors (Lipinski definition) is 0. The van der Waals surface area contributed by atoms with Crippen LogP contribution < -0.4 is 4.74 Å². The van der Waals surface area contributed by atoms with Gasteiger partial charge in [0.15, 0.2) is 11.6 Å². The minimum Gasteiger partial charge on any atom is -0.453 e. The van der Waals surface area contributed by atoms with Gasteiger partial charge in [0.2, 0.25) is 0 Å². The fraction of sp³-hybridized carbons (Fsp3) is 0.143. The monoisotopic (exact) mass is 427 g/mol. The Labute approximate surface area is 146 Å². The van der Waals surface area contributed by atoms with Crippen LogP contribution in [0, 0.1) is 15.9 Å². The van der Waals surface area contributed by atoms with Crippen molar-refractivity contribution in [1.82, 2.24) is 0 Å². The largest absolute Gasteiger partial charge is 0.453 e. The van der Waals surface area contributed by atoms with Crippen molar-refractivity contribution >= 4 is 33.2 Å². The highest BCUT2D eigenvalue weighted by Crippen LogP contribution is 2.39. The summed E-state index contributed by atoms with van der Waals surface area (Å²) in [6.07, 6.45) is -4.75. The van der Waals surface area contributed by atoms with Crippen molar-refractivity contribution in [2.24, 2.45) is 0 Å². The predicted octanol–water partition coefficient (Wildman–Crippen LogP) is 6.09. The molecule has 0 aliphatic heterocycles. The second kappa shape index (κ2) is 6.94. The number of ether oxygens (including phenoxy) is 1. The molecular weight excluding hydrogens is 422 g/mol. The Morgan fingerprint density at radius 2 is 1.92 bits per heavy atom. The summed E-state index contributed by atoms with van der Waals surface area (Å²) < 4.78 is 56.8. The van der Waals surface area contributed by atoms with Crippen LogP contribution in [-0.4, -0.2) is 4.92 Å². The summed E-state index contributed by atoms with van der Waals surface area (Å²) in [5, 5.41) is 10.4. The van der Waals surface area contributed by atoms with Crippen molar-refractivity contribution in [3.63, 3.8) is 0 Å². The molecule has 0 unspecified atom stereocenters. The van der Waals surface area contributed by atoms with Gasteiger partial charge < -0.3 is 4.74 Å². The summed E-state index contributed by atoms with van der Waals surface area (Å²) >= 11 is 8.73. The van der Waals surface area contributed by atoms with Gasteiger partial charge in [0, 0.05) is 17.0 Å². The first-order valence-electron chi connectivity index (χ1n) is 6.21. The van der Waals surface area contributed by atoms with E-state index in [0.29, 0.717) is 6.07 Å². The van der Waals surface area contributed by atoms with Gasteiger partial charge in [-0.15, -0.1) is 0 Å². The van der Waals surface area contributed by atoms with Crippen LogP contribution >= 0.6 is 27.5 Å². The number of nitrogens with zero attached hydrogens (tertiary/aromatic N) is 1. The molecule has 2 aromatic rings. The first kappa shape index (κ1) is 18.5. The molecule has 0 bridgehead atoms. The maximum Gasteiger partial charge on any atom is 0.416 e. The molecule has 24 heavy (non-hydrogen) atoms. The predicted molar refractivity (Wildman–Crippen MR) is 82.2 cm³/mol. The number of rotatable bonds is 4. The topological polar surface area (TPSA) is 52.4 Å².